The lowest BCUT2D eigenvalue weighted by Gasteiger charge is -2.30. The lowest BCUT2D eigenvalue weighted by atomic mass is 9.92. The number of ketones is 1. The van der Waals surface area contributed by atoms with Crippen molar-refractivity contribution in [1.82, 2.24) is 10.2 Å². The Balaban J connectivity index is 2.11. The monoisotopic (exact) mass is 619 g/mol. The van der Waals surface area contributed by atoms with Crippen LogP contribution in [0.1, 0.15) is 56.3 Å². The Hall–Kier alpha value is -3.41. The molecule has 1 aromatic carbocycles. The largest absolute Gasteiger partial charge is 0.431 e. The van der Waals surface area contributed by atoms with E-state index in [1.165, 1.54) is 13.8 Å². The summed E-state index contributed by atoms with van der Waals surface area (Å²) in [4.78, 5) is 27.4. The number of benzene rings is 1. The molecular formula is C29H29ClF7N3O2. The summed E-state index contributed by atoms with van der Waals surface area (Å²) in [5, 5.41) is 9.42. The summed E-state index contributed by atoms with van der Waals surface area (Å²) < 4.78 is 99.6. The summed E-state index contributed by atoms with van der Waals surface area (Å²) in [6.07, 6.45) is -0.462. The third-order valence-electron chi connectivity index (χ3n) is 7.33. The molecule has 0 bridgehead atoms. The standard InChI is InChI=1S/C29H29ClF7N3O2/c1-15-16(2)23(33)10-18(31)8-17(15)13-40(14-25(41)26-22(30)9-19(32)11-24(26)34)28(42)21(12-38)27(29(35,36)37)39-20-6-4-3-5-7-20/h8-12,15,20,38-39H,3-7,13-14H2,1-2H3/b27-21+,38-12?/t15-/m1/s1. The van der Waals surface area contributed by atoms with E-state index in [1.807, 2.05) is 0 Å². The first kappa shape index (κ1) is 33.1. The first-order valence-corrected chi connectivity index (χ1v) is 13.5. The number of halogens is 8. The van der Waals surface area contributed by atoms with Crippen molar-refractivity contribution in [1.29, 1.82) is 5.41 Å². The number of carbonyl (C=O) groups excluding carboxylic acids is 2. The average Bonchev–Trinajstić information content (AvgIpc) is 2.98. The van der Waals surface area contributed by atoms with Crippen LogP contribution in [0.2, 0.25) is 5.02 Å². The van der Waals surface area contributed by atoms with E-state index in [2.05, 4.69) is 5.32 Å². The van der Waals surface area contributed by atoms with Gasteiger partial charge in [-0.25, -0.2) is 17.6 Å². The molecule has 1 atom stereocenters. The first-order chi connectivity index (χ1) is 19.6. The molecule has 0 spiro atoms. The maximum Gasteiger partial charge on any atom is 0.431 e. The normalized spacial score (nSPS) is 19.0. The lowest BCUT2D eigenvalue weighted by molar-refractivity contribution is -0.127. The van der Waals surface area contributed by atoms with Gasteiger partial charge in [-0.3, -0.25) is 9.59 Å². The third kappa shape index (κ3) is 7.90. The number of alkyl halides is 3. The highest BCUT2D eigenvalue weighted by Crippen LogP contribution is 2.33. The molecular weight excluding hydrogens is 591 g/mol. The summed E-state index contributed by atoms with van der Waals surface area (Å²) in [6.45, 7) is 1.05. The van der Waals surface area contributed by atoms with Gasteiger partial charge >= 0.3 is 6.18 Å². The van der Waals surface area contributed by atoms with Crippen LogP contribution in [0.15, 0.2) is 58.4 Å². The molecule has 1 amide bonds. The van der Waals surface area contributed by atoms with Crippen molar-refractivity contribution in [2.75, 3.05) is 13.1 Å². The van der Waals surface area contributed by atoms with Crippen molar-refractivity contribution in [2.45, 2.75) is 58.2 Å². The minimum absolute atomic E-state index is 0.0128. The van der Waals surface area contributed by atoms with Crippen molar-refractivity contribution in [3.63, 3.8) is 0 Å². The van der Waals surface area contributed by atoms with Gasteiger partial charge in [0.25, 0.3) is 5.91 Å². The predicted molar refractivity (Wildman–Crippen MR) is 144 cm³/mol. The minimum Gasteiger partial charge on any atom is -0.378 e. The van der Waals surface area contributed by atoms with Gasteiger partial charge in [0.15, 0.2) is 5.78 Å². The molecule has 5 nitrogen and oxygen atoms in total. The van der Waals surface area contributed by atoms with Crippen LogP contribution < -0.4 is 5.32 Å². The van der Waals surface area contributed by atoms with Crippen LogP contribution in [-0.2, 0) is 4.79 Å². The molecule has 228 valence electrons. The predicted octanol–water partition coefficient (Wildman–Crippen LogP) is 7.69. The molecule has 3 rings (SSSR count). The van der Waals surface area contributed by atoms with Gasteiger partial charge in [-0.05, 0) is 43.1 Å². The molecule has 13 heteroatoms. The Morgan fingerprint density at radius 2 is 1.74 bits per heavy atom. The van der Waals surface area contributed by atoms with Crippen LogP contribution in [0.5, 0.6) is 0 Å². The molecule has 1 fully saturated rings. The zero-order chi connectivity index (χ0) is 31.4. The van der Waals surface area contributed by atoms with Crippen LogP contribution >= 0.6 is 11.6 Å². The van der Waals surface area contributed by atoms with E-state index in [0.717, 1.165) is 12.5 Å². The number of hydrogen-bond acceptors (Lipinski definition) is 4. The topological polar surface area (TPSA) is 73.3 Å². The van der Waals surface area contributed by atoms with E-state index < -0.39 is 88.1 Å². The molecule has 0 radical (unpaired) electrons. The second-order valence-electron chi connectivity index (χ2n) is 10.2. The van der Waals surface area contributed by atoms with E-state index in [0.29, 0.717) is 48.8 Å². The molecule has 0 aromatic heterocycles. The number of hydrogen-bond donors (Lipinski definition) is 2. The summed E-state index contributed by atoms with van der Waals surface area (Å²) in [5.41, 5.74) is -3.38. The summed E-state index contributed by atoms with van der Waals surface area (Å²) in [5.74, 6) is -7.90. The van der Waals surface area contributed by atoms with Crippen molar-refractivity contribution < 1.29 is 40.3 Å². The Morgan fingerprint density at radius 1 is 1.10 bits per heavy atom. The van der Waals surface area contributed by atoms with Gasteiger partial charge in [0.1, 0.15) is 29.0 Å². The zero-order valence-electron chi connectivity index (χ0n) is 22.8. The van der Waals surface area contributed by atoms with Gasteiger partial charge in [0.2, 0.25) is 0 Å². The zero-order valence-corrected chi connectivity index (χ0v) is 23.5. The quantitative estimate of drug-likeness (QED) is 0.129. The molecule has 42 heavy (non-hydrogen) atoms. The Labute approximate surface area is 243 Å². The lowest BCUT2D eigenvalue weighted by Crippen LogP contribution is -2.43. The molecule has 0 unspecified atom stereocenters. The molecule has 0 saturated heterocycles. The number of rotatable bonds is 9. The maximum absolute atomic E-state index is 14.5. The van der Waals surface area contributed by atoms with Gasteiger partial charge in [0.05, 0.1) is 22.7 Å². The number of amides is 1. The number of Topliss-reactive ketones (excluding diaryl/α,β-unsaturated/α-hetero) is 1. The molecule has 0 heterocycles. The first-order valence-electron chi connectivity index (χ1n) is 13.1. The van der Waals surface area contributed by atoms with Crippen LogP contribution in [0.3, 0.4) is 0 Å². The molecule has 1 aromatic rings. The Bertz CT molecular complexity index is 1350. The van der Waals surface area contributed by atoms with Crippen LogP contribution in [0.4, 0.5) is 30.7 Å². The van der Waals surface area contributed by atoms with Crippen molar-refractivity contribution in [3.05, 3.63) is 80.6 Å². The van der Waals surface area contributed by atoms with Gasteiger partial charge in [-0.15, -0.1) is 0 Å². The highest BCUT2D eigenvalue weighted by molar-refractivity contribution is 6.34. The Morgan fingerprint density at radius 3 is 2.31 bits per heavy atom. The molecule has 0 aliphatic heterocycles. The van der Waals surface area contributed by atoms with Gasteiger partial charge in [-0.1, -0.05) is 37.8 Å². The van der Waals surface area contributed by atoms with E-state index in [9.17, 15) is 40.3 Å². The maximum atomic E-state index is 14.5. The van der Waals surface area contributed by atoms with Crippen molar-refractivity contribution >= 4 is 29.5 Å². The fourth-order valence-corrected chi connectivity index (χ4v) is 5.20. The highest BCUT2D eigenvalue weighted by Gasteiger charge is 2.41. The number of carbonyl (C=O) groups is 2. The third-order valence-corrected chi connectivity index (χ3v) is 7.63. The van der Waals surface area contributed by atoms with Gasteiger partial charge < -0.3 is 15.6 Å². The average molecular weight is 620 g/mol. The SMILES string of the molecule is CC1=C(F)C=C(F)C=C(CN(CC(=O)c2c(F)cc(F)cc2Cl)C(=O)/C(C=N)=C(/NC2CCCCC2)C(F)(F)F)[C@@H]1C. The number of allylic oxidation sites excluding steroid dienone is 6. The molecule has 2 N–H and O–H groups in total. The Kier molecular flexibility index (Phi) is 10.8. The minimum atomic E-state index is -5.10. The molecule has 2 aliphatic rings. The summed E-state index contributed by atoms with van der Waals surface area (Å²) in [6, 6.07) is 0.396. The van der Waals surface area contributed by atoms with E-state index >= 15 is 0 Å². The van der Waals surface area contributed by atoms with Gasteiger partial charge in [0, 0.05) is 36.9 Å². The van der Waals surface area contributed by atoms with Crippen LogP contribution in [0.25, 0.3) is 0 Å². The van der Waals surface area contributed by atoms with E-state index in [1.54, 1.807) is 0 Å². The summed E-state index contributed by atoms with van der Waals surface area (Å²) in [7, 11) is 0. The smallest absolute Gasteiger partial charge is 0.378 e. The second kappa shape index (κ2) is 13.7. The molecule has 1 saturated carbocycles. The van der Waals surface area contributed by atoms with Crippen LogP contribution in [0, 0.1) is 23.0 Å². The number of nitrogens with one attached hydrogen (secondary N) is 2. The molecule has 2 aliphatic carbocycles. The van der Waals surface area contributed by atoms with Crippen LogP contribution in [-0.4, -0.2) is 48.1 Å². The summed E-state index contributed by atoms with van der Waals surface area (Å²) >= 11 is 5.87. The van der Waals surface area contributed by atoms with Crippen molar-refractivity contribution in [3.8, 4) is 0 Å². The fourth-order valence-electron chi connectivity index (χ4n) is 4.90. The van der Waals surface area contributed by atoms with E-state index in [4.69, 9.17) is 17.0 Å². The van der Waals surface area contributed by atoms with Crippen molar-refractivity contribution in [2.24, 2.45) is 5.92 Å². The highest BCUT2D eigenvalue weighted by atomic mass is 35.5. The number of nitrogens with zero attached hydrogens (tertiary/aromatic N) is 1. The second-order valence-corrected chi connectivity index (χ2v) is 10.6. The van der Waals surface area contributed by atoms with Gasteiger partial charge in [-0.2, -0.15) is 13.2 Å². The van der Waals surface area contributed by atoms with E-state index in [-0.39, 0.29) is 17.4 Å². The fraction of sp³-hybridized carbons (Fsp3) is 0.414.